The topological polar surface area (TPSA) is 53.2 Å². The lowest BCUT2D eigenvalue weighted by Gasteiger charge is -2.26. The molecule has 0 fully saturated rings. The van der Waals surface area contributed by atoms with Crippen molar-refractivity contribution < 1.29 is 4.79 Å². The van der Waals surface area contributed by atoms with Gasteiger partial charge in [-0.3, -0.25) is 9.59 Å². The average Bonchev–Trinajstić information content (AvgIpc) is 2.27. The third-order valence-corrected chi connectivity index (χ3v) is 2.83. The minimum Gasteiger partial charge on any atom is -0.339 e. The van der Waals surface area contributed by atoms with E-state index in [1.54, 1.807) is 18.0 Å². The Bertz CT molecular complexity index is 417. The number of hydrogen-bond donors (Lipinski definition) is 1. The van der Waals surface area contributed by atoms with Crippen LogP contribution >= 0.6 is 0 Å². The molecule has 0 aliphatic carbocycles. The van der Waals surface area contributed by atoms with Gasteiger partial charge in [0.05, 0.1) is 5.56 Å². The van der Waals surface area contributed by atoms with Gasteiger partial charge >= 0.3 is 0 Å². The molecular weight excluding hydrogens is 216 g/mol. The maximum absolute atomic E-state index is 12.1. The molecule has 0 spiro atoms. The van der Waals surface area contributed by atoms with Crippen LogP contribution in [0.3, 0.4) is 0 Å². The molecule has 0 aromatic carbocycles. The van der Waals surface area contributed by atoms with Crippen LogP contribution < -0.4 is 5.56 Å². The summed E-state index contributed by atoms with van der Waals surface area (Å²) in [5.74, 6) is 0.491. The van der Waals surface area contributed by atoms with Gasteiger partial charge in [-0.1, -0.05) is 13.8 Å². The molecule has 94 valence electrons. The van der Waals surface area contributed by atoms with E-state index in [1.807, 2.05) is 6.92 Å². The fourth-order valence-corrected chi connectivity index (χ4v) is 1.79. The Balaban J connectivity index is 2.75. The molecule has 0 bridgehead atoms. The number of aromatic nitrogens is 1. The second-order valence-corrected chi connectivity index (χ2v) is 4.84. The van der Waals surface area contributed by atoms with Crippen LogP contribution in [0.25, 0.3) is 0 Å². The number of carbonyl (C=O) groups excluding carboxylic acids is 1. The van der Waals surface area contributed by atoms with Gasteiger partial charge in [-0.05, 0) is 25.3 Å². The molecule has 17 heavy (non-hydrogen) atoms. The van der Waals surface area contributed by atoms with Gasteiger partial charge in [-0.2, -0.15) is 0 Å². The molecule has 0 aliphatic rings. The van der Waals surface area contributed by atoms with Gasteiger partial charge in [0.25, 0.3) is 5.91 Å². The van der Waals surface area contributed by atoms with Crippen molar-refractivity contribution in [3.05, 3.63) is 34.2 Å². The first kappa shape index (κ1) is 13.5. The predicted octanol–water partition coefficient (Wildman–Crippen LogP) is 1.88. The lowest BCUT2D eigenvalue weighted by atomic mass is 10.0. The molecule has 1 rings (SSSR count). The third kappa shape index (κ3) is 3.73. The van der Waals surface area contributed by atoms with Crippen LogP contribution in [-0.4, -0.2) is 28.9 Å². The van der Waals surface area contributed by atoms with E-state index in [0.717, 1.165) is 6.42 Å². The minimum atomic E-state index is -0.195. The Morgan fingerprint density at radius 2 is 2.00 bits per heavy atom. The summed E-state index contributed by atoms with van der Waals surface area (Å²) >= 11 is 0. The van der Waals surface area contributed by atoms with Gasteiger partial charge in [0.15, 0.2) is 0 Å². The summed E-state index contributed by atoms with van der Waals surface area (Å²) < 4.78 is 0. The molecule has 0 saturated heterocycles. The number of amides is 1. The molecule has 1 aromatic heterocycles. The fourth-order valence-electron chi connectivity index (χ4n) is 1.79. The number of aromatic amines is 1. The van der Waals surface area contributed by atoms with E-state index in [0.29, 0.717) is 11.5 Å². The van der Waals surface area contributed by atoms with Crippen molar-refractivity contribution in [1.82, 2.24) is 9.88 Å². The van der Waals surface area contributed by atoms with Crippen LogP contribution in [-0.2, 0) is 0 Å². The molecule has 0 saturated carbocycles. The zero-order valence-electron chi connectivity index (χ0n) is 10.9. The first-order valence-electron chi connectivity index (χ1n) is 5.87. The van der Waals surface area contributed by atoms with Gasteiger partial charge < -0.3 is 9.88 Å². The highest BCUT2D eigenvalue weighted by molar-refractivity contribution is 5.93. The number of carbonyl (C=O) groups is 1. The van der Waals surface area contributed by atoms with E-state index in [4.69, 9.17) is 0 Å². The third-order valence-electron chi connectivity index (χ3n) is 2.83. The van der Waals surface area contributed by atoms with E-state index in [2.05, 4.69) is 18.8 Å². The van der Waals surface area contributed by atoms with Gasteiger partial charge in [-0.15, -0.1) is 0 Å². The molecule has 1 atom stereocenters. The smallest absolute Gasteiger partial charge is 0.255 e. The lowest BCUT2D eigenvalue weighted by Crippen LogP contribution is -2.36. The largest absolute Gasteiger partial charge is 0.339 e. The molecule has 4 heteroatoms. The first-order valence-corrected chi connectivity index (χ1v) is 5.87. The van der Waals surface area contributed by atoms with Crippen molar-refractivity contribution in [3.8, 4) is 0 Å². The Kier molecular flexibility index (Phi) is 4.49. The Hall–Kier alpha value is -1.58. The lowest BCUT2D eigenvalue weighted by molar-refractivity contribution is 0.0728. The van der Waals surface area contributed by atoms with Crippen molar-refractivity contribution >= 4 is 5.91 Å². The summed E-state index contributed by atoms with van der Waals surface area (Å²) in [4.78, 5) is 27.2. The molecule has 4 nitrogen and oxygen atoms in total. The number of nitrogens with zero attached hydrogens (tertiary/aromatic N) is 1. The first-order chi connectivity index (χ1) is 7.91. The SMILES string of the molecule is CC(C)CC(C)N(C)C(=O)c1ccc(=O)[nH]c1. The summed E-state index contributed by atoms with van der Waals surface area (Å²) in [5, 5.41) is 0. The van der Waals surface area contributed by atoms with Crippen molar-refractivity contribution in [3.63, 3.8) is 0 Å². The summed E-state index contributed by atoms with van der Waals surface area (Å²) in [7, 11) is 1.79. The van der Waals surface area contributed by atoms with Crippen LogP contribution in [0.4, 0.5) is 0 Å². The summed E-state index contributed by atoms with van der Waals surface area (Å²) in [6.07, 6.45) is 2.43. The van der Waals surface area contributed by atoms with Gasteiger partial charge in [0, 0.05) is 25.4 Å². The van der Waals surface area contributed by atoms with Crippen molar-refractivity contribution in [2.75, 3.05) is 7.05 Å². The van der Waals surface area contributed by atoms with Crippen LogP contribution in [0, 0.1) is 5.92 Å². The van der Waals surface area contributed by atoms with Crippen LogP contribution in [0.1, 0.15) is 37.6 Å². The maximum Gasteiger partial charge on any atom is 0.255 e. The van der Waals surface area contributed by atoms with E-state index in [-0.39, 0.29) is 17.5 Å². The monoisotopic (exact) mass is 236 g/mol. The number of pyridine rings is 1. The normalized spacial score (nSPS) is 12.5. The number of hydrogen-bond acceptors (Lipinski definition) is 2. The highest BCUT2D eigenvalue weighted by atomic mass is 16.2. The highest BCUT2D eigenvalue weighted by Crippen LogP contribution is 2.12. The molecule has 1 aromatic rings. The van der Waals surface area contributed by atoms with Crippen LogP contribution in [0.2, 0.25) is 0 Å². The molecule has 0 aliphatic heterocycles. The molecule has 1 N–H and O–H groups in total. The number of rotatable bonds is 4. The summed E-state index contributed by atoms with van der Waals surface area (Å²) in [5.41, 5.74) is 0.321. The maximum atomic E-state index is 12.1. The van der Waals surface area contributed by atoms with Gasteiger partial charge in [-0.25, -0.2) is 0 Å². The van der Waals surface area contributed by atoms with E-state index < -0.39 is 0 Å². The average molecular weight is 236 g/mol. The number of H-pyrrole nitrogens is 1. The quantitative estimate of drug-likeness (QED) is 0.867. The zero-order chi connectivity index (χ0) is 13.0. The molecule has 1 heterocycles. The Morgan fingerprint density at radius 3 is 2.47 bits per heavy atom. The summed E-state index contributed by atoms with van der Waals surface area (Å²) in [6.45, 7) is 6.30. The van der Waals surface area contributed by atoms with E-state index in [9.17, 15) is 9.59 Å². The summed E-state index contributed by atoms with van der Waals surface area (Å²) in [6, 6.07) is 3.11. The Labute approximate surface area is 102 Å². The standard InChI is InChI=1S/C13H20N2O2/c1-9(2)7-10(3)15(4)13(17)11-5-6-12(16)14-8-11/h5-6,8-10H,7H2,1-4H3,(H,14,16). The second kappa shape index (κ2) is 5.66. The minimum absolute atomic E-state index is 0.0607. The second-order valence-electron chi connectivity index (χ2n) is 4.84. The zero-order valence-corrected chi connectivity index (χ0v) is 10.9. The fraction of sp³-hybridized carbons (Fsp3) is 0.538. The molecular formula is C13H20N2O2. The molecule has 1 amide bonds. The van der Waals surface area contributed by atoms with Crippen molar-refractivity contribution in [1.29, 1.82) is 0 Å². The van der Waals surface area contributed by atoms with Crippen molar-refractivity contribution in [2.24, 2.45) is 5.92 Å². The number of nitrogens with one attached hydrogen (secondary N) is 1. The highest BCUT2D eigenvalue weighted by Gasteiger charge is 2.18. The van der Waals surface area contributed by atoms with E-state index in [1.165, 1.54) is 12.3 Å². The molecule has 1 unspecified atom stereocenters. The predicted molar refractivity (Wildman–Crippen MR) is 68.1 cm³/mol. The van der Waals surface area contributed by atoms with E-state index >= 15 is 0 Å². The van der Waals surface area contributed by atoms with Gasteiger partial charge in [0.2, 0.25) is 5.56 Å². The van der Waals surface area contributed by atoms with Crippen LogP contribution in [0.5, 0.6) is 0 Å². The molecule has 0 radical (unpaired) electrons. The van der Waals surface area contributed by atoms with Gasteiger partial charge in [0.1, 0.15) is 0 Å². The Morgan fingerprint density at radius 1 is 1.35 bits per heavy atom. The van der Waals surface area contributed by atoms with Crippen molar-refractivity contribution in [2.45, 2.75) is 33.2 Å². The van der Waals surface area contributed by atoms with Crippen LogP contribution in [0.15, 0.2) is 23.1 Å².